The van der Waals surface area contributed by atoms with Crippen LogP contribution in [0.15, 0.2) is 42.0 Å². The van der Waals surface area contributed by atoms with Crippen molar-refractivity contribution in [2.75, 3.05) is 7.11 Å². The lowest BCUT2D eigenvalue weighted by Gasteiger charge is -2.07. The van der Waals surface area contributed by atoms with Crippen molar-refractivity contribution < 1.29 is 32.5 Å². The summed E-state index contributed by atoms with van der Waals surface area (Å²) in [5, 5.41) is 13.7. The van der Waals surface area contributed by atoms with E-state index in [2.05, 4.69) is 35.2 Å². The number of nitrogens with zero attached hydrogens (tertiary/aromatic N) is 5. The molecule has 3 aromatic heterocycles. The highest BCUT2D eigenvalue weighted by molar-refractivity contribution is 5.93. The third-order valence-electron chi connectivity index (χ3n) is 3.66. The number of hydrogen-bond donors (Lipinski definition) is 2. The molecule has 1 amide bonds. The normalized spacial score (nSPS) is 11.0. The van der Waals surface area contributed by atoms with Gasteiger partial charge in [0, 0.05) is 12.3 Å². The van der Waals surface area contributed by atoms with Crippen LogP contribution in [-0.4, -0.2) is 50.9 Å². The summed E-state index contributed by atoms with van der Waals surface area (Å²) in [5.74, 6) is -2.26. The molecule has 0 bridgehead atoms. The lowest BCUT2D eigenvalue weighted by atomic mass is 10.2. The predicted molar refractivity (Wildman–Crippen MR) is 99.4 cm³/mol. The Balaban J connectivity index is 1.75. The summed E-state index contributed by atoms with van der Waals surface area (Å²) in [7, 11) is 1.38. The van der Waals surface area contributed by atoms with Gasteiger partial charge in [-0.3, -0.25) is 9.78 Å². The van der Waals surface area contributed by atoms with Gasteiger partial charge in [0.15, 0.2) is 0 Å². The number of methoxy groups -OCH3 is 1. The molecule has 0 atom stereocenters. The number of aromatic hydroxyl groups is 1. The lowest BCUT2D eigenvalue weighted by Crippen LogP contribution is -2.19. The Kier molecular flexibility index (Phi) is 6.54. The summed E-state index contributed by atoms with van der Waals surface area (Å²) in [6, 6.07) is 2.20. The number of halogens is 3. The fourth-order valence-electron chi connectivity index (χ4n) is 2.25. The topological polar surface area (TPSA) is 132 Å². The fourth-order valence-corrected chi connectivity index (χ4v) is 2.25. The molecule has 0 aromatic carbocycles. The van der Waals surface area contributed by atoms with Gasteiger partial charge in [-0.2, -0.15) is 18.3 Å². The van der Waals surface area contributed by atoms with Crippen molar-refractivity contribution in [3.8, 4) is 28.6 Å². The van der Waals surface area contributed by atoms with Crippen molar-refractivity contribution in [3.05, 3.63) is 54.1 Å². The highest BCUT2D eigenvalue weighted by atomic mass is 19.3. The van der Waals surface area contributed by atoms with Crippen molar-refractivity contribution in [2.24, 2.45) is 5.10 Å². The Morgan fingerprint density at radius 3 is 2.74 bits per heavy atom. The Bertz CT molecular complexity index is 1130. The fraction of sp³-hybridized carbons (Fsp3) is 0.111. The second kappa shape index (κ2) is 9.47. The molecule has 10 nitrogen and oxygen atoms in total. The van der Waals surface area contributed by atoms with E-state index in [1.54, 1.807) is 0 Å². The third kappa shape index (κ3) is 5.41. The lowest BCUT2D eigenvalue weighted by molar-refractivity contribution is -0.0529. The molecule has 0 aliphatic rings. The van der Waals surface area contributed by atoms with Crippen LogP contribution in [0, 0.1) is 5.95 Å². The first kappa shape index (κ1) is 21.4. The van der Waals surface area contributed by atoms with Crippen LogP contribution in [0.2, 0.25) is 0 Å². The highest BCUT2D eigenvalue weighted by Crippen LogP contribution is 2.29. The molecule has 0 fully saturated rings. The van der Waals surface area contributed by atoms with Crippen LogP contribution in [0.1, 0.15) is 16.1 Å². The Labute approximate surface area is 172 Å². The minimum absolute atomic E-state index is 0.0248. The monoisotopic (exact) mass is 434 g/mol. The second-order valence-electron chi connectivity index (χ2n) is 5.66. The number of rotatable bonds is 7. The van der Waals surface area contributed by atoms with Crippen molar-refractivity contribution >= 4 is 12.1 Å². The zero-order valence-corrected chi connectivity index (χ0v) is 15.7. The average Bonchev–Trinajstić information content (AvgIpc) is 2.74. The van der Waals surface area contributed by atoms with Crippen LogP contribution < -0.4 is 14.9 Å². The predicted octanol–water partition coefficient (Wildman–Crippen LogP) is 2.15. The molecule has 0 saturated carbocycles. The standard InChI is InChI=1S/C18H13F3N6O4/c1-30-10-2-9(16(19)24-5-10)4-25-27-17(29)13-8-22-7-12(26-13)11-6-23-15(3-14(11)28)31-18(20)21/h2-8,18H,1H3,(H,23,28)(H,27,29)/b25-4+. The first-order valence-electron chi connectivity index (χ1n) is 8.36. The van der Waals surface area contributed by atoms with Gasteiger partial charge >= 0.3 is 6.61 Å². The summed E-state index contributed by atoms with van der Waals surface area (Å²) < 4.78 is 47.1. The van der Waals surface area contributed by atoms with E-state index in [-0.39, 0.29) is 22.5 Å². The van der Waals surface area contributed by atoms with Gasteiger partial charge in [0.25, 0.3) is 5.91 Å². The van der Waals surface area contributed by atoms with E-state index >= 15 is 0 Å². The zero-order valence-electron chi connectivity index (χ0n) is 15.7. The van der Waals surface area contributed by atoms with E-state index < -0.39 is 30.1 Å². The summed E-state index contributed by atoms with van der Waals surface area (Å²) in [5.41, 5.74) is 1.99. The maximum Gasteiger partial charge on any atom is 0.388 e. The van der Waals surface area contributed by atoms with E-state index in [4.69, 9.17) is 4.74 Å². The number of alkyl halides is 2. The summed E-state index contributed by atoms with van der Waals surface area (Å²) in [6.07, 6.45) is 5.60. The van der Waals surface area contributed by atoms with Crippen LogP contribution in [0.5, 0.6) is 17.4 Å². The van der Waals surface area contributed by atoms with Gasteiger partial charge < -0.3 is 14.6 Å². The number of ether oxygens (including phenoxy) is 2. The molecule has 13 heteroatoms. The zero-order chi connectivity index (χ0) is 22.4. The minimum Gasteiger partial charge on any atom is -0.507 e. The second-order valence-corrected chi connectivity index (χ2v) is 5.66. The molecule has 0 saturated heterocycles. The molecule has 0 aliphatic carbocycles. The van der Waals surface area contributed by atoms with Crippen LogP contribution >= 0.6 is 0 Å². The van der Waals surface area contributed by atoms with E-state index in [1.807, 2.05) is 0 Å². The molecule has 0 aliphatic heterocycles. The summed E-state index contributed by atoms with van der Waals surface area (Å²) >= 11 is 0. The Morgan fingerprint density at radius 2 is 2.03 bits per heavy atom. The molecule has 0 spiro atoms. The number of hydrogen-bond acceptors (Lipinski definition) is 9. The number of carbonyl (C=O) groups is 1. The largest absolute Gasteiger partial charge is 0.507 e. The number of carbonyl (C=O) groups excluding carboxylic acids is 1. The van der Waals surface area contributed by atoms with Gasteiger partial charge in [0.05, 0.1) is 48.7 Å². The molecule has 0 radical (unpaired) electrons. The Morgan fingerprint density at radius 1 is 1.23 bits per heavy atom. The molecule has 160 valence electrons. The first-order valence-corrected chi connectivity index (χ1v) is 8.36. The van der Waals surface area contributed by atoms with Gasteiger partial charge in [-0.25, -0.2) is 20.4 Å². The smallest absolute Gasteiger partial charge is 0.388 e. The maximum atomic E-state index is 13.7. The van der Waals surface area contributed by atoms with Gasteiger partial charge in [-0.05, 0) is 6.07 Å². The first-order chi connectivity index (χ1) is 14.9. The van der Waals surface area contributed by atoms with E-state index in [0.717, 1.165) is 24.7 Å². The number of hydrazone groups is 1. The molecular weight excluding hydrogens is 421 g/mol. The quantitative estimate of drug-likeness (QED) is 0.329. The molecule has 3 heterocycles. The van der Waals surface area contributed by atoms with Crippen molar-refractivity contribution in [3.63, 3.8) is 0 Å². The van der Waals surface area contributed by atoms with Gasteiger partial charge in [0.1, 0.15) is 17.2 Å². The van der Waals surface area contributed by atoms with Crippen LogP contribution in [0.3, 0.4) is 0 Å². The van der Waals surface area contributed by atoms with Gasteiger partial charge in [-0.1, -0.05) is 0 Å². The van der Waals surface area contributed by atoms with Gasteiger partial charge in [-0.15, -0.1) is 0 Å². The molecular formula is C18H13F3N6O4. The maximum absolute atomic E-state index is 13.7. The SMILES string of the molecule is COc1cnc(F)c(/C=N/NC(=O)c2cncc(-c3cnc(OC(F)F)cc3O)n2)c1. The van der Waals surface area contributed by atoms with Gasteiger partial charge in [0.2, 0.25) is 11.8 Å². The third-order valence-corrected chi connectivity index (χ3v) is 3.66. The molecule has 3 aromatic rings. The minimum atomic E-state index is -3.11. The van der Waals surface area contributed by atoms with Crippen LogP contribution in [-0.2, 0) is 0 Å². The number of amides is 1. The van der Waals surface area contributed by atoms with E-state index in [0.29, 0.717) is 5.75 Å². The van der Waals surface area contributed by atoms with Crippen molar-refractivity contribution in [1.82, 2.24) is 25.4 Å². The van der Waals surface area contributed by atoms with Crippen molar-refractivity contribution in [2.45, 2.75) is 6.61 Å². The average molecular weight is 434 g/mol. The van der Waals surface area contributed by atoms with E-state index in [1.165, 1.54) is 25.6 Å². The number of pyridine rings is 2. The summed E-state index contributed by atoms with van der Waals surface area (Å²) in [6.45, 7) is -3.11. The number of nitrogens with one attached hydrogen (secondary N) is 1. The summed E-state index contributed by atoms with van der Waals surface area (Å²) in [4.78, 5) is 27.2. The molecule has 2 N–H and O–H groups in total. The van der Waals surface area contributed by atoms with Crippen LogP contribution in [0.4, 0.5) is 13.2 Å². The molecule has 31 heavy (non-hydrogen) atoms. The highest BCUT2D eigenvalue weighted by Gasteiger charge is 2.14. The Hall–Kier alpha value is -4.29. The van der Waals surface area contributed by atoms with Crippen molar-refractivity contribution in [1.29, 1.82) is 0 Å². The van der Waals surface area contributed by atoms with E-state index in [9.17, 15) is 23.1 Å². The number of aromatic nitrogens is 4. The molecule has 3 rings (SSSR count). The van der Waals surface area contributed by atoms with Crippen LogP contribution in [0.25, 0.3) is 11.3 Å². The molecule has 0 unspecified atom stereocenters.